The van der Waals surface area contributed by atoms with Crippen molar-refractivity contribution in [3.8, 4) is 5.75 Å². The third-order valence-electron chi connectivity index (χ3n) is 4.23. The van der Waals surface area contributed by atoms with Crippen molar-refractivity contribution in [1.29, 1.82) is 0 Å². The molecule has 24 heavy (non-hydrogen) atoms. The van der Waals surface area contributed by atoms with Gasteiger partial charge in [-0.25, -0.2) is 4.98 Å². The zero-order valence-electron chi connectivity index (χ0n) is 14.2. The van der Waals surface area contributed by atoms with Crippen molar-refractivity contribution in [2.45, 2.75) is 32.7 Å². The molecule has 0 amide bonds. The van der Waals surface area contributed by atoms with Crippen molar-refractivity contribution >= 4 is 11.0 Å². The molecule has 2 N–H and O–H groups in total. The topological polar surface area (TPSA) is 53.1 Å². The van der Waals surface area contributed by atoms with Gasteiger partial charge in [0.1, 0.15) is 11.6 Å². The lowest BCUT2D eigenvalue weighted by atomic mass is 10.2. The van der Waals surface area contributed by atoms with Crippen molar-refractivity contribution in [1.82, 2.24) is 9.55 Å². The number of aryl methyl sites for hydroxylation is 2. The van der Waals surface area contributed by atoms with Gasteiger partial charge in [0.25, 0.3) is 0 Å². The van der Waals surface area contributed by atoms with E-state index in [1.54, 1.807) is 0 Å². The molecule has 126 valence electrons. The van der Waals surface area contributed by atoms with Crippen molar-refractivity contribution in [3.63, 3.8) is 0 Å². The first-order valence-corrected chi connectivity index (χ1v) is 8.67. The lowest BCUT2D eigenvalue weighted by Crippen LogP contribution is -2.12. The maximum absolute atomic E-state index is 5.86. The summed E-state index contributed by atoms with van der Waals surface area (Å²) in [5, 5.41) is 0. The van der Waals surface area contributed by atoms with Crippen LogP contribution in [0.3, 0.4) is 0 Å². The maximum Gasteiger partial charge on any atom is 0.119 e. The third kappa shape index (κ3) is 3.77. The highest BCUT2D eigenvalue weighted by Gasteiger charge is 2.09. The minimum atomic E-state index is 0.615. The van der Waals surface area contributed by atoms with Crippen LogP contribution in [0, 0.1) is 0 Å². The number of ether oxygens (including phenoxy) is 1. The molecule has 3 rings (SSSR count). The minimum Gasteiger partial charge on any atom is -0.494 e. The number of nitrogens with two attached hydrogens (primary N) is 1. The summed E-state index contributed by atoms with van der Waals surface area (Å²) in [6.07, 6.45) is 2.79. The van der Waals surface area contributed by atoms with E-state index in [1.807, 2.05) is 18.2 Å². The third-order valence-corrected chi connectivity index (χ3v) is 4.23. The summed E-state index contributed by atoms with van der Waals surface area (Å²) in [6.45, 7) is 4.36. The smallest absolute Gasteiger partial charge is 0.119 e. The molecule has 2 aromatic carbocycles. The maximum atomic E-state index is 5.86. The summed E-state index contributed by atoms with van der Waals surface area (Å²) in [5.74, 6) is 2.00. The molecule has 0 bridgehead atoms. The van der Waals surface area contributed by atoms with E-state index in [1.165, 1.54) is 11.1 Å². The standard InChI is InChI=1S/C20H25N3O/c1-2-16-8-10-17(11-9-16)24-15-5-14-23-19-7-4-3-6-18(19)22-20(23)12-13-21/h3-4,6-11H,2,5,12-15,21H2,1H3. The van der Waals surface area contributed by atoms with Crippen molar-refractivity contribution < 1.29 is 4.74 Å². The molecule has 0 fully saturated rings. The van der Waals surface area contributed by atoms with Crippen LogP contribution in [0.15, 0.2) is 48.5 Å². The summed E-state index contributed by atoms with van der Waals surface area (Å²) in [4.78, 5) is 4.70. The Labute approximate surface area is 143 Å². The molecular formula is C20H25N3O. The summed E-state index contributed by atoms with van der Waals surface area (Å²) in [5.41, 5.74) is 9.27. The first-order chi connectivity index (χ1) is 11.8. The SMILES string of the molecule is CCc1ccc(OCCCn2c(CCN)nc3ccccc32)cc1. The number of hydrogen-bond donors (Lipinski definition) is 1. The van der Waals surface area contributed by atoms with Gasteiger partial charge >= 0.3 is 0 Å². The monoisotopic (exact) mass is 323 g/mol. The molecule has 1 heterocycles. The van der Waals surface area contributed by atoms with Crippen LogP contribution in [0.4, 0.5) is 0 Å². The number of benzene rings is 2. The predicted octanol–water partition coefficient (Wildman–Crippen LogP) is 3.57. The van der Waals surface area contributed by atoms with E-state index in [2.05, 4.69) is 41.8 Å². The predicted molar refractivity (Wildman–Crippen MR) is 98.4 cm³/mol. The Morgan fingerprint density at radius 3 is 2.62 bits per heavy atom. The Morgan fingerprint density at radius 1 is 1.08 bits per heavy atom. The molecule has 3 aromatic rings. The van der Waals surface area contributed by atoms with Crippen LogP contribution < -0.4 is 10.5 Å². The van der Waals surface area contributed by atoms with E-state index in [0.29, 0.717) is 13.2 Å². The van der Waals surface area contributed by atoms with Gasteiger partial charge in [0.2, 0.25) is 0 Å². The van der Waals surface area contributed by atoms with Crippen LogP contribution in [0.25, 0.3) is 11.0 Å². The zero-order valence-corrected chi connectivity index (χ0v) is 14.2. The Kier molecular flexibility index (Phi) is 5.49. The van der Waals surface area contributed by atoms with E-state index < -0.39 is 0 Å². The molecule has 0 spiro atoms. The molecule has 0 atom stereocenters. The fourth-order valence-electron chi connectivity index (χ4n) is 2.93. The number of aromatic nitrogens is 2. The molecule has 0 saturated carbocycles. The number of rotatable bonds is 8. The summed E-state index contributed by atoms with van der Waals surface area (Å²) in [6, 6.07) is 16.6. The minimum absolute atomic E-state index is 0.615. The number of hydrogen-bond acceptors (Lipinski definition) is 3. The van der Waals surface area contributed by atoms with Gasteiger partial charge in [0.05, 0.1) is 17.6 Å². The van der Waals surface area contributed by atoms with Gasteiger partial charge in [-0.2, -0.15) is 0 Å². The Morgan fingerprint density at radius 2 is 1.88 bits per heavy atom. The summed E-state index contributed by atoms with van der Waals surface area (Å²) < 4.78 is 8.13. The quantitative estimate of drug-likeness (QED) is 0.645. The van der Waals surface area contributed by atoms with Crippen LogP contribution in [0.5, 0.6) is 5.75 Å². The van der Waals surface area contributed by atoms with Crippen LogP contribution in [-0.2, 0) is 19.4 Å². The highest BCUT2D eigenvalue weighted by atomic mass is 16.5. The first-order valence-electron chi connectivity index (χ1n) is 8.67. The van der Waals surface area contributed by atoms with Crippen molar-refractivity contribution in [3.05, 3.63) is 59.9 Å². The zero-order chi connectivity index (χ0) is 16.8. The van der Waals surface area contributed by atoms with E-state index in [4.69, 9.17) is 15.5 Å². The Bertz CT molecular complexity index is 777. The first kappa shape index (κ1) is 16.5. The fourth-order valence-corrected chi connectivity index (χ4v) is 2.93. The molecule has 0 saturated heterocycles. The fraction of sp³-hybridized carbons (Fsp3) is 0.350. The van der Waals surface area contributed by atoms with Crippen LogP contribution in [-0.4, -0.2) is 22.7 Å². The lowest BCUT2D eigenvalue weighted by Gasteiger charge is -2.10. The Balaban J connectivity index is 1.61. The average Bonchev–Trinajstić information content (AvgIpc) is 2.97. The van der Waals surface area contributed by atoms with E-state index >= 15 is 0 Å². The molecule has 0 radical (unpaired) electrons. The normalized spacial score (nSPS) is 11.1. The molecule has 0 unspecified atom stereocenters. The second-order valence-electron chi connectivity index (χ2n) is 5.91. The molecule has 4 heteroatoms. The van der Waals surface area contributed by atoms with E-state index in [-0.39, 0.29) is 0 Å². The molecule has 0 aliphatic heterocycles. The van der Waals surface area contributed by atoms with Gasteiger partial charge in [-0.05, 0) is 49.2 Å². The van der Waals surface area contributed by atoms with Gasteiger partial charge in [0, 0.05) is 13.0 Å². The van der Waals surface area contributed by atoms with Crippen molar-refractivity contribution in [2.75, 3.05) is 13.2 Å². The van der Waals surface area contributed by atoms with Crippen LogP contribution >= 0.6 is 0 Å². The molecule has 0 aliphatic rings. The average molecular weight is 323 g/mol. The highest BCUT2D eigenvalue weighted by molar-refractivity contribution is 5.75. The summed E-state index contributed by atoms with van der Waals surface area (Å²) in [7, 11) is 0. The van der Waals surface area contributed by atoms with Gasteiger partial charge in [-0.3, -0.25) is 0 Å². The van der Waals surface area contributed by atoms with Gasteiger partial charge in [-0.1, -0.05) is 31.2 Å². The molecular weight excluding hydrogens is 298 g/mol. The number of para-hydroxylation sites is 2. The van der Waals surface area contributed by atoms with E-state index in [0.717, 1.165) is 42.9 Å². The second-order valence-corrected chi connectivity index (χ2v) is 5.91. The van der Waals surface area contributed by atoms with Crippen LogP contribution in [0.2, 0.25) is 0 Å². The van der Waals surface area contributed by atoms with Crippen LogP contribution in [0.1, 0.15) is 24.7 Å². The molecule has 1 aromatic heterocycles. The molecule has 4 nitrogen and oxygen atoms in total. The van der Waals surface area contributed by atoms with Crippen molar-refractivity contribution in [2.24, 2.45) is 5.73 Å². The largest absolute Gasteiger partial charge is 0.494 e. The Hall–Kier alpha value is -2.33. The molecule has 0 aliphatic carbocycles. The van der Waals surface area contributed by atoms with Gasteiger partial charge < -0.3 is 15.0 Å². The highest BCUT2D eigenvalue weighted by Crippen LogP contribution is 2.17. The number of nitrogens with zero attached hydrogens (tertiary/aromatic N) is 2. The second kappa shape index (κ2) is 7.97. The van der Waals surface area contributed by atoms with Gasteiger partial charge in [-0.15, -0.1) is 0 Å². The van der Waals surface area contributed by atoms with E-state index in [9.17, 15) is 0 Å². The lowest BCUT2D eigenvalue weighted by molar-refractivity contribution is 0.301. The number of fused-ring (bicyclic) bond motifs is 1. The van der Waals surface area contributed by atoms with Gasteiger partial charge in [0.15, 0.2) is 0 Å². The summed E-state index contributed by atoms with van der Waals surface area (Å²) >= 11 is 0. The number of imidazole rings is 1.